The lowest BCUT2D eigenvalue weighted by atomic mass is 10.2. The van der Waals surface area contributed by atoms with Gasteiger partial charge in [-0.25, -0.2) is 4.79 Å². The summed E-state index contributed by atoms with van der Waals surface area (Å²) >= 11 is 3.41. The van der Waals surface area contributed by atoms with Crippen molar-refractivity contribution in [2.45, 2.75) is 6.54 Å². The van der Waals surface area contributed by atoms with Gasteiger partial charge in [0.2, 0.25) is 5.91 Å². The van der Waals surface area contributed by atoms with Crippen LogP contribution in [0.4, 0.5) is 5.69 Å². The molecule has 3 N–H and O–H groups in total. The molecule has 1 amide bonds. The number of aromatic nitrogens is 1. The molecule has 7 heteroatoms. The number of esters is 1. The lowest BCUT2D eigenvalue weighted by molar-refractivity contribution is -0.115. The molecule has 0 fully saturated rings. The van der Waals surface area contributed by atoms with Crippen molar-refractivity contribution in [3.63, 3.8) is 0 Å². The molecule has 0 saturated heterocycles. The lowest BCUT2D eigenvalue weighted by Gasteiger charge is -2.08. The van der Waals surface area contributed by atoms with Gasteiger partial charge in [0.05, 0.1) is 19.3 Å². The number of halogens is 1. The van der Waals surface area contributed by atoms with Crippen molar-refractivity contribution in [1.29, 1.82) is 0 Å². The molecular formula is C19H18BrN3O3. The fraction of sp³-hybridized carbons (Fsp3) is 0.158. The normalized spacial score (nSPS) is 10.7. The number of aromatic amines is 1. The molecular weight excluding hydrogens is 398 g/mol. The van der Waals surface area contributed by atoms with Gasteiger partial charge in [-0.15, -0.1) is 0 Å². The standard InChI is InChI=1S/C19H18BrN3O3/c1-26-19(25)18-17(14-9-13(20)7-8-15(14)22-18)23-16(24)11-21-10-12-5-3-2-4-6-12/h2-9,21-22H,10-11H2,1H3,(H,23,24). The van der Waals surface area contributed by atoms with Gasteiger partial charge in [-0.05, 0) is 23.8 Å². The summed E-state index contributed by atoms with van der Waals surface area (Å²) in [4.78, 5) is 27.4. The van der Waals surface area contributed by atoms with Crippen molar-refractivity contribution >= 4 is 44.4 Å². The Balaban J connectivity index is 1.75. The second kappa shape index (κ2) is 8.16. The first-order chi connectivity index (χ1) is 12.6. The SMILES string of the molecule is COC(=O)c1[nH]c2ccc(Br)cc2c1NC(=O)CNCc1ccccc1. The van der Waals surface area contributed by atoms with E-state index >= 15 is 0 Å². The molecule has 134 valence electrons. The zero-order chi connectivity index (χ0) is 18.5. The number of carbonyl (C=O) groups is 2. The number of anilines is 1. The Hall–Kier alpha value is -2.64. The van der Waals surface area contributed by atoms with Crippen LogP contribution in [-0.2, 0) is 16.1 Å². The monoisotopic (exact) mass is 415 g/mol. The summed E-state index contributed by atoms with van der Waals surface area (Å²) in [6.07, 6.45) is 0. The molecule has 2 aromatic carbocycles. The van der Waals surface area contributed by atoms with Gasteiger partial charge in [-0.1, -0.05) is 46.3 Å². The number of ether oxygens (including phenoxy) is 1. The number of carbonyl (C=O) groups excluding carboxylic acids is 2. The molecule has 3 rings (SSSR count). The zero-order valence-corrected chi connectivity index (χ0v) is 15.7. The summed E-state index contributed by atoms with van der Waals surface area (Å²) in [6.45, 7) is 0.702. The first kappa shape index (κ1) is 18.2. The van der Waals surface area contributed by atoms with Crippen LogP contribution in [0.3, 0.4) is 0 Å². The Morgan fingerprint density at radius 3 is 2.65 bits per heavy atom. The van der Waals surface area contributed by atoms with Crippen molar-refractivity contribution < 1.29 is 14.3 Å². The highest BCUT2D eigenvalue weighted by atomic mass is 79.9. The molecule has 1 aromatic heterocycles. The number of amides is 1. The number of hydrogen-bond acceptors (Lipinski definition) is 4. The molecule has 0 unspecified atom stereocenters. The van der Waals surface area contributed by atoms with Gasteiger partial charge in [0.25, 0.3) is 0 Å². The zero-order valence-electron chi connectivity index (χ0n) is 14.1. The molecule has 0 spiro atoms. The molecule has 0 radical (unpaired) electrons. The van der Waals surface area contributed by atoms with Crippen molar-refractivity contribution in [1.82, 2.24) is 10.3 Å². The molecule has 6 nitrogen and oxygen atoms in total. The maximum absolute atomic E-state index is 12.3. The summed E-state index contributed by atoms with van der Waals surface area (Å²) in [5.41, 5.74) is 2.46. The third-order valence-corrected chi connectivity index (χ3v) is 4.37. The average Bonchev–Trinajstić information content (AvgIpc) is 2.99. The Morgan fingerprint density at radius 1 is 1.15 bits per heavy atom. The number of fused-ring (bicyclic) bond motifs is 1. The summed E-state index contributed by atoms with van der Waals surface area (Å²) in [5, 5.41) is 6.63. The fourth-order valence-electron chi connectivity index (χ4n) is 2.65. The van der Waals surface area contributed by atoms with Gasteiger partial charge in [-0.3, -0.25) is 4.79 Å². The van der Waals surface area contributed by atoms with E-state index in [1.54, 1.807) is 0 Å². The molecule has 3 aromatic rings. The smallest absolute Gasteiger partial charge is 0.356 e. The number of hydrogen-bond donors (Lipinski definition) is 3. The first-order valence-corrected chi connectivity index (χ1v) is 8.82. The molecule has 0 aliphatic carbocycles. The first-order valence-electron chi connectivity index (χ1n) is 8.02. The van der Waals surface area contributed by atoms with Crippen LogP contribution in [0.15, 0.2) is 53.0 Å². The van der Waals surface area contributed by atoms with E-state index in [-0.39, 0.29) is 18.1 Å². The van der Waals surface area contributed by atoms with E-state index in [0.29, 0.717) is 12.2 Å². The van der Waals surface area contributed by atoms with Gasteiger partial charge in [0, 0.05) is 21.9 Å². The summed E-state index contributed by atoms with van der Waals surface area (Å²) in [7, 11) is 1.30. The number of benzene rings is 2. The summed E-state index contributed by atoms with van der Waals surface area (Å²) < 4.78 is 5.65. The molecule has 26 heavy (non-hydrogen) atoms. The Labute approximate surface area is 159 Å². The number of rotatable bonds is 6. The molecule has 0 aliphatic heterocycles. The van der Waals surface area contributed by atoms with Crippen LogP contribution in [-0.4, -0.2) is 30.5 Å². The van der Waals surface area contributed by atoms with Crippen molar-refractivity contribution in [2.24, 2.45) is 0 Å². The molecule has 1 heterocycles. The predicted molar refractivity (Wildman–Crippen MR) is 104 cm³/mol. The van der Waals surface area contributed by atoms with Crippen LogP contribution in [0.5, 0.6) is 0 Å². The Kier molecular flexibility index (Phi) is 5.70. The van der Waals surface area contributed by atoms with Crippen LogP contribution in [0.1, 0.15) is 16.1 Å². The maximum atomic E-state index is 12.3. The van der Waals surface area contributed by atoms with Crippen LogP contribution in [0.25, 0.3) is 10.9 Å². The van der Waals surface area contributed by atoms with Crippen molar-refractivity contribution in [3.05, 3.63) is 64.3 Å². The highest BCUT2D eigenvalue weighted by molar-refractivity contribution is 9.10. The van der Waals surface area contributed by atoms with E-state index in [9.17, 15) is 9.59 Å². The lowest BCUT2D eigenvalue weighted by Crippen LogP contribution is -2.28. The third-order valence-electron chi connectivity index (χ3n) is 3.87. The topological polar surface area (TPSA) is 83.2 Å². The summed E-state index contributed by atoms with van der Waals surface area (Å²) in [6, 6.07) is 15.3. The van der Waals surface area contributed by atoms with Crippen LogP contribution >= 0.6 is 15.9 Å². The quantitative estimate of drug-likeness (QED) is 0.538. The van der Waals surface area contributed by atoms with E-state index in [2.05, 4.69) is 31.5 Å². The largest absolute Gasteiger partial charge is 0.464 e. The predicted octanol–water partition coefficient (Wildman–Crippen LogP) is 3.45. The fourth-order valence-corrected chi connectivity index (χ4v) is 3.01. The van der Waals surface area contributed by atoms with Gasteiger partial charge < -0.3 is 20.4 Å². The van der Waals surface area contributed by atoms with E-state index in [1.807, 2.05) is 48.5 Å². The van der Waals surface area contributed by atoms with E-state index in [0.717, 1.165) is 20.9 Å². The second-order valence-electron chi connectivity index (χ2n) is 5.69. The maximum Gasteiger partial charge on any atom is 0.356 e. The summed E-state index contributed by atoms with van der Waals surface area (Å²) in [5.74, 6) is -0.781. The minimum absolute atomic E-state index is 0.121. The van der Waals surface area contributed by atoms with E-state index < -0.39 is 5.97 Å². The van der Waals surface area contributed by atoms with E-state index in [1.165, 1.54) is 7.11 Å². The molecule has 0 aliphatic rings. The number of nitrogens with one attached hydrogen (secondary N) is 3. The minimum Gasteiger partial charge on any atom is -0.464 e. The second-order valence-corrected chi connectivity index (χ2v) is 6.61. The number of H-pyrrole nitrogens is 1. The van der Waals surface area contributed by atoms with Crippen LogP contribution in [0, 0.1) is 0 Å². The minimum atomic E-state index is -0.537. The van der Waals surface area contributed by atoms with Gasteiger partial charge >= 0.3 is 5.97 Å². The third kappa shape index (κ3) is 4.12. The molecule has 0 atom stereocenters. The molecule has 0 bridgehead atoms. The van der Waals surface area contributed by atoms with Gasteiger partial charge in [-0.2, -0.15) is 0 Å². The number of methoxy groups -OCH3 is 1. The van der Waals surface area contributed by atoms with Crippen LogP contribution < -0.4 is 10.6 Å². The van der Waals surface area contributed by atoms with Crippen molar-refractivity contribution in [2.75, 3.05) is 19.0 Å². The highest BCUT2D eigenvalue weighted by Crippen LogP contribution is 2.30. The highest BCUT2D eigenvalue weighted by Gasteiger charge is 2.20. The van der Waals surface area contributed by atoms with Gasteiger partial charge in [0.15, 0.2) is 0 Å². The van der Waals surface area contributed by atoms with Crippen molar-refractivity contribution in [3.8, 4) is 0 Å². The Bertz CT molecular complexity index is 938. The van der Waals surface area contributed by atoms with Crippen LogP contribution in [0.2, 0.25) is 0 Å². The van der Waals surface area contributed by atoms with E-state index in [4.69, 9.17) is 4.74 Å². The molecule has 0 saturated carbocycles. The average molecular weight is 416 g/mol. The Morgan fingerprint density at radius 2 is 1.92 bits per heavy atom. The van der Waals surface area contributed by atoms with Gasteiger partial charge in [0.1, 0.15) is 5.69 Å².